The minimum Gasteiger partial charge on any atom is -0.477 e. The van der Waals surface area contributed by atoms with Crippen molar-refractivity contribution in [3.8, 4) is 0 Å². The lowest BCUT2D eigenvalue weighted by atomic mass is 10.3. The maximum absolute atomic E-state index is 13.0. The number of nitrogens with one attached hydrogen (secondary N) is 1. The minimum atomic E-state index is -1.05. The number of thiazole rings is 1. The Balaban J connectivity index is 2.22. The van der Waals surface area contributed by atoms with E-state index >= 15 is 0 Å². The van der Waals surface area contributed by atoms with Gasteiger partial charge in [0.25, 0.3) is 0 Å². The molecule has 2 rings (SSSR count). The number of halogens is 2. The summed E-state index contributed by atoms with van der Waals surface area (Å²) < 4.78 is 13.0. The number of rotatable bonds is 3. The Labute approximate surface area is 105 Å². The average Bonchev–Trinajstić information content (AvgIpc) is 2.64. The van der Waals surface area contributed by atoms with Crippen molar-refractivity contribution in [1.29, 1.82) is 0 Å². The van der Waals surface area contributed by atoms with Crippen molar-refractivity contribution >= 4 is 39.7 Å². The second-order valence-corrected chi connectivity index (χ2v) is 4.59. The molecule has 2 aromatic rings. The van der Waals surface area contributed by atoms with Crippen LogP contribution in [0.15, 0.2) is 24.4 Å². The molecule has 0 bridgehead atoms. The highest BCUT2D eigenvalue weighted by Gasteiger charge is 2.09. The Morgan fingerprint density at radius 3 is 2.82 bits per heavy atom. The van der Waals surface area contributed by atoms with Gasteiger partial charge in [0.2, 0.25) is 0 Å². The molecule has 0 aliphatic heterocycles. The molecule has 0 amide bonds. The van der Waals surface area contributed by atoms with E-state index in [1.165, 1.54) is 24.4 Å². The minimum absolute atomic E-state index is 0.106. The smallest absolute Gasteiger partial charge is 0.347 e. The van der Waals surface area contributed by atoms with E-state index in [0.29, 0.717) is 10.8 Å². The molecule has 88 valence electrons. The number of benzene rings is 1. The maximum atomic E-state index is 13.0. The van der Waals surface area contributed by atoms with Crippen LogP contribution in [0, 0.1) is 5.82 Å². The van der Waals surface area contributed by atoms with Gasteiger partial charge in [0.05, 0.1) is 6.20 Å². The Hall–Kier alpha value is -1.66. The zero-order chi connectivity index (χ0) is 12.4. The molecule has 1 aromatic carbocycles. The van der Waals surface area contributed by atoms with Gasteiger partial charge in [-0.15, -0.1) is 0 Å². The van der Waals surface area contributed by atoms with Crippen LogP contribution in [0.2, 0.25) is 5.02 Å². The normalized spacial score (nSPS) is 10.2. The van der Waals surface area contributed by atoms with Gasteiger partial charge in [0.1, 0.15) is 10.7 Å². The Bertz CT molecular complexity index is 553. The van der Waals surface area contributed by atoms with Gasteiger partial charge in [0.15, 0.2) is 5.13 Å². The van der Waals surface area contributed by atoms with E-state index in [1.54, 1.807) is 0 Å². The molecule has 0 atom stereocenters. The first-order chi connectivity index (χ1) is 8.04. The molecule has 0 spiro atoms. The lowest BCUT2D eigenvalue weighted by molar-refractivity contribution is 0.0702. The summed E-state index contributed by atoms with van der Waals surface area (Å²) in [6.07, 6.45) is 1.23. The Morgan fingerprint density at radius 1 is 1.47 bits per heavy atom. The second-order valence-electron chi connectivity index (χ2n) is 3.12. The van der Waals surface area contributed by atoms with Crippen molar-refractivity contribution in [2.24, 2.45) is 0 Å². The van der Waals surface area contributed by atoms with Crippen molar-refractivity contribution in [3.63, 3.8) is 0 Å². The van der Waals surface area contributed by atoms with Crippen LogP contribution in [-0.2, 0) is 0 Å². The highest BCUT2D eigenvalue weighted by Crippen LogP contribution is 2.25. The van der Waals surface area contributed by atoms with Crippen LogP contribution in [0.5, 0.6) is 0 Å². The Morgan fingerprint density at radius 2 is 2.24 bits per heavy atom. The van der Waals surface area contributed by atoms with Crippen LogP contribution in [0.1, 0.15) is 9.67 Å². The lowest BCUT2D eigenvalue weighted by Gasteiger charge is -2.02. The first-order valence-corrected chi connectivity index (χ1v) is 5.66. The highest BCUT2D eigenvalue weighted by molar-refractivity contribution is 7.17. The number of hydrogen-bond acceptors (Lipinski definition) is 4. The van der Waals surface area contributed by atoms with Crippen LogP contribution in [-0.4, -0.2) is 16.1 Å². The summed E-state index contributed by atoms with van der Waals surface area (Å²) in [5.74, 6) is -1.53. The fourth-order valence-electron chi connectivity index (χ4n) is 1.18. The number of carboxylic acids is 1. The Kier molecular flexibility index (Phi) is 3.26. The largest absolute Gasteiger partial charge is 0.477 e. The summed E-state index contributed by atoms with van der Waals surface area (Å²) in [6, 6.07) is 3.94. The third-order valence-electron chi connectivity index (χ3n) is 1.83. The van der Waals surface area contributed by atoms with Gasteiger partial charge in [-0.2, -0.15) is 0 Å². The lowest BCUT2D eigenvalue weighted by Crippen LogP contribution is -1.90. The zero-order valence-electron chi connectivity index (χ0n) is 8.28. The molecular weight excluding hydrogens is 267 g/mol. The van der Waals surface area contributed by atoms with Crippen molar-refractivity contribution in [1.82, 2.24) is 4.98 Å². The average molecular weight is 273 g/mol. The van der Waals surface area contributed by atoms with E-state index in [-0.39, 0.29) is 9.90 Å². The molecule has 1 aromatic heterocycles. The first kappa shape index (κ1) is 11.8. The summed E-state index contributed by atoms with van der Waals surface area (Å²) in [4.78, 5) is 14.6. The number of nitrogens with zero attached hydrogens (tertiary/aromatic N) is 1. The van der Waals surface area contributed by atoms with Crippen molar-refractivity contribution in [3.05, 3.63) is 40.1 Å². The van der Waals surface area contributed by atoms with Gasteiger partial charge in [-0.1, -0.05) is 22.9 Å². The van der Waals surface area contributed by atoms with Gasteiger partial charge in [-0.05, 0) is 18.2 Å². The van der Waals surface area contributed by atoms with Crippen LogP contribution in [0.4, 0.5) is 15.2 Å². The van der Waals surface area contributed by atoms with Gasteiger partial charge >= 0.3 is 5.97 Å². The molecule has 4 nitrogen and oxygen atoms in total. The van der Waals surface area contributed by atoms with Gasteiger partial charge in [0, 0.05) is 10.7 Å². The molecule has 2 N–H and O–H groups in total. The fourth-order valence-corrected chi connectivity index (χ4v) is 2.08. The van der Waals surface area contributed by atoms with E-state index in [9.17, 15) is 9.18 Å². The molecule has 17 heavy (non-hydrogen) atoms. The first-order valence-electron chi connectivity index (χ1n) is 4.47. The van der Waals surface area contributed by atoms with Gasteiger partial charge < -0.3 is 10.4 Å². The zero-order valence-corrected chi connectivity index (χ0v) is 9.85. The summed E-state index contributed by atoms with van der Waals surface area (Å²) in [5, 5.41) is 12.1. The summed E-state index contributed by atoms with van der Waals surface area (Å²) in [5.41, 5.74) is 0.418. The van der Waals surface area contributed by atoms with E-state index in [4.69, 9.17) is 16.7 Å². The van der Waals surface area contributed by atoms with E-state index in [1.807, 2.05) is 0 Å². The third-order valence-corrected chi connectivity index (χ3v) is 2.95. The van der Waals surface area contributed by atoms with Crippen molar-refractivity contribution in [2.45, 2.75) is 0 Å². The molecule has 1 heterocycles. The van der Waals surface area contributed by atoms with Crippen LogP contribution >= 0.6 is 22.9 Å². The van der Waals surface area contributed by atoms with Crippen LogP contribution < -0.4 is 5.32 Å². The number of carboxylic acid groups (broad SMARTS) is 1. The molecule has 0 aliphatic carbocycles. The molecular formula is C10H6ClFN2O2S. The number of hydrogen-bond donors (Lipinski definition) is 2. The highest BCUT2D eigenvalue weighted by atomic mass is 35.5. The molecule has 0 unspecified atom stereocenters. The predicted molar refractivity (Wildman–Crippen MR) is 63.8 cm³/mol. The van der Waals surface area contributed by atoms with Gasteiger partial charge in [-0.25, -0.2) is 14.2 Å². The van der Waals surface area contributed by atoms with E-state index < -0.39 is 11.8 Å². The summed E-state index contributed by atoms with van der Waals surface area (Å²) in [6.45, 7) is 0. The molecule has 0 aliphatic rings. The molecule has 7 heteroatoms. The van der Waals surface area contributed by atoms with E-state index in [2.05, 4.69) is 10.3 Å². The summed E-state index contributed by atoms with van der Waals surface area (Å²) in [7, 11) is 0. The third kappa shape index (κ3) is 2.92. The molecule has 0 saturated heterocycles. The van der Waals surface area contributed by atoms with Crippen molar-refractivity contribution < 1.29 is 14.3 Å². The predicted octanol–water partition coefficient (Wildman–Crippen LogP) is 3.38. The number of carbonyl (C=O) groups is 1. The van der Waals surface area contributed by atoms with Gasteiger partial charge in [-0.3, -0.25) is 0 Å². The molecule has 0 saturated carbocycles. The molecule has 0 radical (unpaired) electrons. The quantitative estimate of drug-likeness (QED) is 0.899. The number of aromatic nitrogens is 1. The molecule has 0 fully saturated rings. The maximum Gasteiger partial charge on any atom is 0.347 e. The van der Waals surface area contributed by atoms with Crippen LogP contribution in [0.3, 0.4) is 0 Å². The number of aromatic carboxylic acids is 1. The number of anilines is 2. The summed E-state index contributed by atoms with van der Waals surface area (Å²) >= 11 is 6.64. The monoisotopic (exact) mass is 272 g/mol. The second kappa shape index (κ2) is 4.68. The van der Waals surface area contributed by atoms with E-state index in [0.717, 1.165) is 11.3 Å². The van der Waals surface area contributed by atoms with Crippen LogP contribution in [0.25, 0.3) is 0 Å². The van der Waals surface area contributed by atoms with Crippen molar-refractivity contribution in [2.75, 3.05) is 5.32 Å². The standard InChI is InChI=1S/C10H6ClFN2O2S/c11-5-1-6(12)3-7(2-5)14-10-13-4-8(17-10)9(15)16/h1-4H,(H,13,14)(H,15,16). The topological polar surface area (TPSA) is 62.2 Å². The fraction of sp³-hybridized carbons (Fsp3) is 0. The SMILES string of the molecule is O=C(O)c1cnc(Nc2cc(F)cc(Cl)c2)s1.